The second-order valence-corrected chi connectivity index (χ2v) is 8.06. The molecule has 0 unspecified atom stereocenters. The molecule has 2 aliphatic heterocycles. The first-order chi connectivity index (χ1) is 10.6. The zero-order valence-corrected chi connectivity index (χ0v) is 15.3. The zero-order valence-electron chi connectivity index (χ0n) is 13.6. The van der Waals surface area contributed by atoms with E-state index < -0.39 is 10.0 Å². The van der Waals surface area contributed by atoms with Crippen molar-refractivity contribution in [2.45, 2.75) is 25.7 Å². The second kappa shape index (κ2) is 10.5. The first-order valence-corrected chi connectivity index (χ1v) is 9.86. The van der Waals surface area contributed by atoms with E-state index in [2.05, 4.69) is 15.5 Å². The first kappa shape index (κ1) is 20.6. The molecule has 2 N–H and O–H groups in total. The van der Waals surface area contributed by atoms with Crippen molar-refractivity contribution in [3.63, 3.8) is 0 Å². The Morgan fingerprint density at radius 1 is 1.09 bits per heavy atom. The molecule has 0 atom stereocenters. The van der Waals surface area contributed by atoms with Gasteiger partial charge in [0.15, 0.2) is 0 Å². The monoisotopic (exact) mass is 368 g/mol. The molecule has 0 radical (unpaired) electrons. The molecule has 9 heteroatoms. The van der Waals surface area contributed by atoms with Crippen LogP contribution in [0.5, 0.6) is 0 Å². The van der Waals surface area contributed by atoms with Crippen LogP contribution in [0.3, 0.4) is 0 Å². The lowest BCUT2D eigenvalue weighted by Crippen LogP contribution is -2.46. The average Bonchev–Trinajstić information content (AvgIpc) is 3.03. The molecule has 0 aromatic carbocycles. The van der Waals surface area contributed by atoms with Crippen molar-refractivity contribution >= 4 is 28.3 Å². The summed E-state index contributed by atoms with van der Waals surface area (Å²) in [6.45, 7) is 6.81. The number of amides is 1. The molecule has 2 fully saturated rings. The Bertz CT molecular complexity index is 449. The third-order valence-corrected chi connectivity index (χ3v) is 6.18. The lowest BCUT2D eigenvalue weighted by molar-refractivity contribution is -0.121. The number of nitrogens with one attached hydrogen (secondary N) is 2. The van der Waals surface area contributed by atoms with Crippen LogP contribution in [-0.2, 0) is 14.8 Å². The number of halogens is 1. The predicted molar refractivity (Wildman–Crippen MR) is 93.4 cm³/mol. The summed E-state index contributed by atoms with van der Waals surface area (Å²) in [7, 11) is -3.16. The van der Waals surface area contributed by atoms with E-state index in [1.54, 1.807) is 4.31 Å². The molecule has 2 aliphatic rings. The summed E-state index contributed by atoms with van der Waals surface area (Å²) in [5.74, 6) is 0.0323. The Hall–Kier alpha value is -0.410. The molecular formula is C14H29ClN4O3S. The van der Waals surface area contributed by atoms with E-state index in [4.69, 9.17) is 0 Å². The van der Waals surface area contributed by atoms with E-state index in [0.29, 0.717) is 26.1 Å². The van der Waals surface area contributed by atoms with Gasteiger partial charge in [-0.15, -0.1) is 12.4 Å². The van der Waals surface area contributed by atoms with Crippen LogP contribution in [0, 0.1) is 0 Å². The van der Waals surface area contributed by atoms with Crippen molar-refractivity contribution in [3.8, 4) is 0 Å². The van der Waals surface area contributed by atoms with Gasteiger partial charge in [0.1, 0.15) is 0 Å². The number of hydrogen-bond acceptors (Lipinski definition) is 5. The fourth-order valence-electron chi connectivity index (χ4n) is 2.89. The Morgan fingerprint density at radius 2 is 1.74 bits per heavy atom. The minimum atomic E-state index is -3.16. The van der Waals surface area contributed by atoms with Gasteiger partial charge in [0, 0.05) is 58.8 Å². The quantitative estimate of drug-likeness (QED) is 0.611. The second-order valence-electron chi connectivity index (χ2n) is 5.97. The van der Waals surface area contributed by atoms with Gasteiger partial charge in [0.05, 0.1) is 5.75 Å². The van der Waals surface area contributed by atoms with E-state index in [0.717, 1.165) is 45.6 Å². The van der Waals surface area contributed by atoms with Crippen molar-refractivity contribution in [3.05, 3.63) is 0 Å². The van der Waals surface area contributed by atoms with Crippen LogP contribution in [-0.4, -0.2) is 81.6 Å². The largest absolute Gasteiger partial charge is 0.355 e. The van der Waals surface area contributed by atoms with Crippen LogP contribution in [0.1, 0.15) is 25.7 Å². The maximum Gasteiger partial charge on any atom is 0.220 e. The maximum absolute atomic E-state index is 12.0. The Kier molecular flexibility index (Phi) is 9.38. The zero-order chi connectivity index (χ0) is 15.8. The molecule has 0 bridgehead atoms. The number of sulfonamides is 1. The number of rotatable bonds is 8. The molecular weight excluding hydrogens is 340 g/mol. The highest BCUT2D eigenvalue weighted by Crippen LogP contribution is 2.14. The van der Waals surface area contributed by atoms with Crippen LogP contribution < -0.4 is 10.6 Å². The van der Waals surface area contributed by atoms with Crippen LogP contribution in [0.4, 0.5) is 0 Å². The molecule has 0 spiro atoms. The van der Waals surface area contributed by atoms with E-state index in [-0.39, 0.29) is 30.5 Å². The fourth-order valence-corrected chi connectivity index (χ4v) is 4.47. The summed E-state index contributed by atoms with van der Waals surface area (Å²) >= 11 is 0. The number of piperazine rings is 1. The van der Waals surface area contributed by atoms with Crippen molar-refractivity contribution in [1.82, 2.24) is 19.8 Å². The van der Waals surface area contributed by atoms with Crippen LogP contribution in [0.15, 0.2) is 0 Å². The lowest BCUT2D eigenvalue weighted by atomic mass is 10.3. The van der Waals surface area contributed by atoms with Crippen molar-refractivity contribution in [2.75, 3.05) is 58.1 Å². The highest BCUT2D eigenvalue weighted by molar-refractivity contribution is 7.89. The fraction of sp³-hybridized carbons (Fsp3) is 0.929. The number of carbonyl (C=O) groups excluding carboxylic acids is 1. The summed E-state index contributed by atoms with van der Waals surface area (Å²) in [5.41, 5.74) is 0. The van der Waals surface area contributed by atoms with Crippen LogP contribution >= 0.6 is 12.4 Å². The molecule has 7 nitrogen and oxygen atoms in total. The summed E-state index contributed by atoms with van der Waals surface area (Å²) in [4.78, 5) is 14.1. The molecule has 0 aromatic heterocycles. The number of nitrogens with zero attached hydrogens (tertiary/aromatic N) is 2. The molecule has 0 aromatic rings. The lowest BCUT2D eigenvalue weighted by Gasteiger charge is -2.27. The molecule has 23 heavy (non-hydrogen) atoms. The summed E-state index contributed by atoms with van der Waals surface area (Å²) in [6.07, 6.45) is 2.59. The Morgan fingerprint density at radius 3 is 2.39 bits per heavy atom. The number of hydrogen-bond donors (Lipinski definition) is 2. The van der Waals surface area contributed by atoms with Gasteiger partial charge in [-0.2, -0.15) is 0 Å². The topological polar surface area (TPSA) is 81.8 Å². The molecule has 136 valence electrons. The van der Waals surface area contributed by atoms with Crippen molar-refractivity contribution in [2.24, 2.45) is 0 Å². The first-order valence-electron chi connectivity index (χ1n) is 8.25. The maximum atomic E-state index is 12.0. The summed E-state index contributed by atoms with van der Waals surface area (Å²) < 4.78 is 25.6. The SMILES string of the molecule is Cl.O=C(CCCS(=O)(=O)N1CCCC1)NCCN1CCNCC1. The predicted octanol–water partition coefficient (Wildman–Crippen LogP) is -0.365. The van der Waals surface area contributed by atoms with Crippen LogP contribution in [0.2, 0.25) is 0 Å². The van der Waals surface area contributed by atoms with Gasteiger partial charge in [-0.25, -0.2) is 12.7 Å². The van der Waals surface area contributed by atoms with Gasteiger partial charge in [0.25, 0.3) is 0 Å². The Labute approximate surface area is 145 Å². The number of carbonyl (C=O) groups is 1. The van der Waals surface area contributed by atoms with Gasteiger partial charge in [0.2, 0.25) is 15.9 Å². The molecule has 0 saturated carbocycles. The van der Waals surface area contributed by atoms with Gasteiger partial charge in [-0.3, -0.25) is 9.69 Å². The van der Waals surface area contributed by atoms with Crippen molar-refractivity contribution < 1.29 is 13.2 Å². The van der Waals surface area contributed by atoms with E-state index >= 15 is 0 Å². The van der Waals surface area contributed by atoms with Crippen LogP contribution in [0.25, 0.3) is 0 Å². The minimum absolute atomic E-state index is 0. The molecule has 2 rings (SSSR count). The van der Waals surface area contributed by atoms with E-state index in [9.17, 15) is 13.2 Å². The standard InChI is InChI=1S/C14H28N4O3S.ClH/c19-14(16-7-12-17-10-5-15-6-11-17)4-3-13-22(20,21)18-8-1-2-9-18;/h15H,1-13H2,(H,16,19);1H. The molecule has 0 aliphatic carbocycles. The third kappa shape index (κ3) is 7.34. The van der Waals surface area contributed by atoms with Crippen molar-refractivity contribution in [1.29, 1.82) is 0 Å². The van der Waals surface area contributed by atoms with Gasteiger partial charge < -0.3 is 10.6 Å². The third-order valence-electron chi connectivity index (χ3n) is 4.22. The van der Waals surface area contributed by atoms with Gasteiger partial charge in [-0.05, 0) is 19.3 Å². The van der Waals surface area contributed by atoms with Gasteiger partial charge >= 0.3 is 0 Å². The molecule has 1 amide bonds. The average molecular weight is 369 g/mol. The molecule has 2 saturated heterocycles. The molecule has 2 heterocycles. The smallest absolute Gasteiger partial charge is 0.220 e. The summed E-state index contributed by atoms with van der Waals surface area (Å²) in [6, 6.07) is 0. The summed E-state index contributed by atoms with van der Waals surface area (Å²) in [5, 5.41) is 6.17. The highest BCUT2D eigenvalue weighted by Gasteiger charge is 2.24. The van der Waals surface area contributed by atoms with E-state index in [1.165, 1.54) is 0 Å². The minimum Gasteiger partial charge on any atom is -0.355 e. The highest BCUT2D eigenvalue weighted by atomic mass is 35.5. The van der Waals surface area contributed by atoms with Gasteiger partial charge in [-0.1, -0.05) is 0 Å². The normalized spacial score (nSPS) is 20.2. The van der Waals surface area contributed by atoms with E-state index in [1.807, 2.05) is 0 Å². The Balaban J connectivity index is 0.00000264.